The van der Waals surface area contributed by atoms with Crippen molar-refractivity contribution >= 4 is 5.91 Å². The summed E-state index contributed by atoms with van der Waals surface area (Å²) in [6.45, 7) is 2.86. The molecule has 12 atom stereocenters. The van der Waals surface area contributed by atoms with Crippen LogP contribution in [-0.2, 0) is 23.7 Å². The zero-order valence-electron chi connectivity index (χ0n) is 66.6. The van der Waals surface area contributed by atoms with Crippen LogP contribution in [0.15, 0.2) is 24.3 Å². The first kappa shape index (κ1) is 96.5. The van der Waals surface area contributed by atoms with Gasteiger partial charge in [-0.1, -0.05) is 423 Å². The Morgan fingerprint density at radius 1 is 0.343 bits per heavy atom. The van der Waals surface area contributed by atoms with Gasteiger partial charge in [-0.3, -0.25) is 4.79 Å². The van der Waals surface area contributed by atoms with Gasteiger partial charge in [0.05, 0.1) is 32.0 Å². The van der Waals surface area contributed by atoms with Crippen LogP contribution in [0.25, 0.3) is 0 Å². The first-order valence-corrected chi connectivity index (χ1v) is 44.6. The molecule has 604 valence electrons. The third kappa shape index (κ3) is 54.1. The van der Waals surface area contributed by atoms with Gasteiger partial charge >= 0.3 is 0 Å². The van der Waals surface area contributed by atoms with Gasteiger partial charge in [-0.25, -0.2) is 0 Å². The van der Waals surface area contributed by atoms with Crippen LogP contribution in [0.5, 0.6) is 0 Å². The summed E-state index contributed by atoms with van der Waals surface area (Å²) in [7, 11) is 0. The van der Waals surface area contributed by atoms with E-state index in [0.29, 0.717) is 12.8 Å². The Morgan fingerprint density at radius 2 is 0.627 bits per heavy atom. The molecule has 9 N–H and O–H groups in total. The number of allylic oxidation sites excluding steroid dienone is 3. The average Bonchev–Trinajstić information content (AvgIpc) is 0.790. The highest BCUT2D eigenvalue weighted by Gasteiger charge is 2.51. The Morgan fingerprint density at radius 3 is 0.961 bits per heavy atom. The van der Waals surface area contributed by atoms with Gasteiger partial charge < -0.3 is 65.1 Å². The third-order valence-corrected chi connectivity index (χ3v) is 22.1. The van der Waals surface area contributed by atoms with Crippen molar-refractivity contribution in [1.82, 2.24) is 5.32 Å². The molecule has 0 saturated carbocycles. The van der Waals surface area contributed by atoms with Crippen LogP contribution in [0.2, 0.25) is 0 Å². The van der Waals surface area contributed by atoms with Crippen molar-refractivity contribution in [3.63, 3.8) is 0 Å². The maximum Gasteiger partial charge on any atom is 0.220 e. The molecular weight excluding hydrogens is 1280 g/mol. The largest absolute Gasteiger partial charge is 0.394 e. The standard InChI is InChI=1S/C88H169NO13/c1-3-5-7-9-11-13-15-17-19-21-23-25-27-29-31-32-33-34-35-36-37-38-39-40-41-42-43-44-46-48-50-52-54-56-58-60-62-64-66-68-70-72-80(93)89-76(75-99-87-85(98)83(96)86(79(74-91)101-87)102-88-84(97)82(95)81(94)78(73-90)100-88)77(92)71-69-67-65-63-61-59-57-55-53-51-49-47-45-30-28-26-24-22-20-18-16-14-12-10-8-6-4-2/h61,63,69,71,76-79,81-88,90-92,94-98H,3-60,62,64-68,70,72-75H2,1-2H3,(H,89,93)/b63-61+,71-69+. The summed E-state index contributed by atoms with van der Waals surface area (Å²) in [5, 5.41) is 87.8. The van der Waals surface area contributed by atoms with E-state index in [1.54, 1.807) is 6.08 Å². The summed E-state index contributed by atoms with van der Waals surface area (Å²) in [6.07, 6.45) is 78.9. The first-order chi connectivity index (χ1) is 50.1. The Balaban J connectivity index is 1.55. The van der Waals surface area contributed by atoms with E-state index < -0.39 is 86.8 Å². The van der Waals surface area contributed by atoms with Crippen molar-refractivity contribution in [3.8, 4) is 0 Å². The lowest BCUT2D eigenvalue weighted by molar-refractivity contribution is -0.359. The smallest absolute Gasteiger partial charge is 0.220 e. The number of carbonyl (C=O) groups is 1. The van der Waals surface area contributed by atoms with Gasteiger partial charge in [0.15, 0.2) is 12.6 Å². The highest BCUT2D eigenvalue weighted by Crippen LogP contribution is 2.31. The second kappa shape index (κ2) is 72.3. The fourth-order valence-electron chi connectivity index (χ4n) is 15.1. The van der Waals surface area contributed by atoms with Gasteiger partial charge in [0.25, 0.3) is 0 Å². The number of aliphatic hydroxyl groups is 8. The second-order valence-corrected chi connectivity index (χ2v) is 31.7. The molecule has 2 aliphatic rings. The molecule has 0 aromatic rings. The molecule has 0 radical (unpaired) electrons. The molecule has 0 spiro atoms. The predicted molar refractivity (Wildman–Crippen MR) is 425 cm³/mol. The summed E-state index contributed by atoms with van der Waals surface area (Å²) in [6, 6.07) is -0.931. The van der Waals surface area contributed by atoms with Gasteiger partial charge in [0, 0.05) is 6.42 Å². The maximum atomic E-state index is 13.4. The van der Waals surface area contributed by atoms with Crippen molar-refractivity contribution in [2.24, 2.45) is 0 Å². The number of hydrogen-bond donors (Lipinski definition) is 9. The highest BCUT2D eigenvalue weighted by atomic mass is 16.7. The number of aliphatic hydroxyl groups excluding tert-OH is 8. The SMILES string of the molecule is CCCCCCCCCCCCCCCCCCCCCCC/C=C/CC/C=C/C(O)C(COC1OC(CO)C(OC2OC(CO)C(O)C(O)C2O)C(O)C1O)NC(=O)CCCCCCCCCCCCCCCCCCCCCCCCCCCCCCCCCCCCCCCCCCC. The van der Waals surface area contributed by atoms with Gasteiger partial charge in [0.1, 0.15) is 48.8 Å². The van der Waals surface area contributed by atoms with Crippen LogP contribution < -0.4 is 5.32 Å². The number of ether oxygens (including phenoxy) is 4. The lowest BCUT2D eigenvalue weighted by atomic mass is 9.97. The molecule has 2 heterocycles. The van der Waals surface area contributed by atoms with E-state index in [2.05, 4.69) is 31.3 Å². The molecular formula is C88H169NO13. The third-order valence-electron chi connectivity index (χ3n) is 22.1. The van der Waals surface area contributed by atoms with Gasteiger partial charge in [-0.2, -0.15) is 0 Å². The van der Waals surface area contributed by atoms with Crippen molar-refractivity contribution in [2.75, 3.05) is 19.8 Å². The van der Waals surface area contributed by atoms with E-state index in [4.69, 9.17) is 18.9 Å². The molecule has 0 aromatic carbocycles. The molecule has 12 unspecified atom stereocenters. The zero-order chi connectivity index (χ0) is 73.7. The van der Waals surface area contributed by atoms with Crippen LogP contribution in [-0.4, -0.2) is 140 Å². The number of carbonyl (C=O) groups excluding carboxylic acids is 1. The topological polar surface area (TPSA) is 228 Å². The molecule has 14 nitrogen and oxygen atoms in total. The van der Waals surface area contributed by atoms with Crippen molar-refractivity contribution in [3.05, 3.63) is 24.3 Å². The number of hydrogen-bond acceptors (Lipinski definition) is 13. The van der Waals surface area contributed by atoms with Crippen molar-refractivity contribution in [2.45, 2.75) is 511 Å². The zero-order valence-corrected chi connectivity index (χ0v) is 66.6. The Bertz CT molecular complexity index is 1810. The lowest BCUT2D eigenvalue weighted by Crippen LogP contribution is -2.65. The molecule has 2 fully saturated rings. The van der Waals surface area contributed by atoms with E-state index in [-0.39, 0.29) is 18.9 Å². The summed E-state index contributed by atoms with van der Waals surface area (Å²) in [5.74, 6) is -0.239. The summed E-state index contributed by atoms with van der Waals surface area (Å²) < 4.78 is 22.9. The van der Waals surface area contributed by atoms with E-state index >= 15 is 0 Å². The number of unbranched alkanes of at least 4 members (excludes halogenated alkanes) is 62. The van der Waals surface area contributed by atoms with E-state index in [0.717, 1.165) is 32.1 Å². The minimum Gasteiger partial charge on any atom is -0.394 e. The number of rotatable bonds is 77. The Kier molecular flexibility index (Phi) is 68.5. The lowest BCUT2D eigenvalue weighted by Gasteiger charge is -2.46. The average molecular weight is 1450 g/mol. The molecule has 2 saturated heterocycles. The van der Waals surface area contributed by atoms with Crippen LogP contribution in [0.3, 0.4) is 0 Å². The quantitative estimate of drug-likeness (QED) is 0.0204. The molecule has 102 heavy (non-hydrogen) atoms. The fourth-order valence-corrected chi connectivity index (χ4v) is 15.1. The number of nitrogens with one attached hydrogen (secondary N) is 1. The predicted octanol–water partition coefficient (Wildman–Crippen LogP) is 21.4. The molecule has 0 aromatic heterocycles. The summed E-state index contributed by atoms with van der Waals surface area (Å²) >= 11 is 0. The monoisotopic (exact) mass is 1450 g/mol. The van der Waals surface area contributed by atoms with E-state index in [1.807, 2.05) is 6.08 Å². The Labute approximate surface area is 628 Å². The van der Waals surface area contributed by atoms with Crippen LogP contribution in [0.1, 0.15) is 438 Å². The molecule has 2 rings (SSSR count). The normalized spacial score (nSPS) is 21.7. The van der Waals surface area contributed by atoms with Crippen molar-refractivity contribution < 1.29 is 64.6 Å². The number of amides is 1. The van der Waals surface area contributed by atoms with Crippen LogP contribution in [0, 0.1) is 0 Å². The second-order valence-electron chi connectivity index (χ2n) is 31.7. The fraction of sp³-hybridized carbons (Fsp3) is 0.943. The van der Waals surface area contributed by atoms with Crippen LogP contribution in [0.4, 0.5) is 0 Å². The minimum atomic E-state index is -1.79. The molecule has 2 aliphatic heterocycles. The minimum absolute atomic E-state index is 0.239. The molecule has 0 bridgehead atoms. The van der Waals surface area contributed by atoms with E-state index in [1.165, 1.54) is 372 Å². The van der Waals surface area contributed by atoms with Gasteiger partial charge in [-0.05, 0) is 32.1 Å². The van der Waals surface area contributed by atoms with Gasteiger partial charge in [0.2, 0.25) is 5.91 Å². The van der Waals surface area contributed by atoms with E-state index in [9.17, 15) is 45.6 Å². The van der Waals surface area contributed by atoms with Crippen LogP contribution >= 0.6 is 0 Å². The Hall–Kier alpha value is -1.53. The van der Waals surface area contributed by atoms with Crippen molar-refractivity contribution in [1.29, 1.82) is 0 Å². The summed E-state index contributed by atoms with van der Waals surface area (Å²) in [5.41, 5.74) is 0. The molecule has 1 amide bonds. The first-order valence-electron chi connectivity index (χ1n) is 44.6. The molecule has 0 aliphatic carbocycles. The highest BCUT2D eigenvalue weighted by molar-refractivity contribution is 5.76. The summed E-state index contributed by atoms with van der Waals surface area (Å²) in [4.78, 5) is 13.4. The molecule has 14 heteroatoms. The maximum absolute atomic E-state index is 13.4. The van der Waals surface area contributed by atoms with Gasteiger partial charge in [-0.15, -0.1) is 0 Å².